The molecule has 3 aromatic rings. The molecule has 1 aliphatic heterocycles. The molecule has 162 valence electrons. The third-order valence-corrected chi connectivity index (χ3v) is 6.43. The largest absolute Gasteiger partial charge is 0.496 e. The molecule has 2 heterocycles. The van der Waals surface area contributed by atoms with E-state index >= 15 is 0 Å². The first-order valence-corrected chi connectivity index (χ1v) is 10.8. The number of carbonyl (C=O) groups excluding carboxylic acids is 3. The van der Waals surface area contributed by atoms with E-state index < -0.39 is 22.6 Å². The van der Waals surface area contributed by atoms with E-state index in [-0.39, 0.29) is 22.3 Å². The lowest BCUT2D eigenvalue weighted by Gasteiger charge is -2.07. The Labute approximate surface area is 188 Å². The highest BCUT2D eigenvalue weighted by Crippen LogP contribution is 2.34. The van der Waals surface area contributed by atoms with Crippen LogP contribution in [-0.2, 0) is 4.79 Å². The van der Waals surface area contributed by atoms with Crippen molar-refractivity contribution >= 4 is 57.3 Å². The van der Waals surface area contributed by atoms with Crippen LogP contribution < -0.4 is 15.0 Å². The summed E-state index contributed by atoms with van der Waals surface area (Å²) < 4.78 is 5.32. The molecule has 32 heavy (non-hydrogen) atoms. The number of rotatable bonds is 7. The first-order chi connectivity index (χ1) is 15.4. The fourth-order valence-electron chi connectivity index (χ4n) is 2.92. The molecule has 2 aromatic carbocycles. The Morgan fingerprint density at radius 3 is 2.50 bits per heavy atom. The first-order valence-electron chi connectivity index (χ1n) is 8.95. The van der Waals surface area contributed by atoms with Gasteiger partial charge in [-0.1, -0.05) is 35.2 Å². The number of ether oxygens (including phenoxy) is 1. The number of imide groups is 1. The van der Waals surface area contributed by atoms with Crippen molar-refractivity contribution in [3.63, 3.8) is 0 Å². The number of aromatic nitrogens is 2. The minimum atomic E-state index is -0.621. The van der Waals surface area contributed by atoms with E-state index in [1.807, 2.05) is 0 Å². The normalized spacial score (nSPS) is 12.6. The average Bonchev–Trinajstić information content (AvgIpc) is 3.35. The number of nitro benzene ring substituents is 1. The summed E-state index contributed by atoms with van der Waals surface area (Å²) in [5.74, 6) is -1.29. The third kappa shape index (κ3) is 4.02. The molecule has 1 aromatic heterocycles. The summed E-state index contributed by atoms with van der Waals surface area (Å²) in [5.41, 5.74) is 0.321. The standard InChI is InChI=1S/C19H13N5O6S2/c1-30-10-6-7-13(14(8-10)24(28)29)20-15(25)9-31-19-22-21-18(32-19)23-16(26)11-4-2-3-5-12(11)17(23)27/h2-8H,9H2,1H3,(H,20,25). The summed E-state index contributed by atoms with van der Waals surface area (Å²) in [6, 6.07) is 10.5. The van der Waals surface area contributed by atoms with Gasteiger partial charge in [-0.3, -0.25) is 24.5 Å². The summed E-state index contributed by atoms with van der Waals surface area (Å²) in [6.07, 6.45) is 0. The lowest BCUT2D eigenvalue weighted by Crippen LogP contribution is -2.29. The van der Waals surface area contributed by atoms with Gasteiger partial charge in [0.2, 0.25) is 11.0 Å². The number of nitrogens with one attached hydrogen (secondary N) is 1. The van der Waals surface area contributed by atoms with Crippen molar-refractivity contribution in [3.8, 4) is 5.75 Å². The smallest absolute Gasteiger partial charge is 0.296 e. The quantitative estimate of drug-likeness (QED) is 0.181. The van der Waals surface area contributed by atoms with Gasteiger partial charge in [-0.05, 0) is 24.3 Å². The topological polar surface area (TPSA) is 145 Å². The van der Waals surface area contributed by atoms with Crippen LogP contribution in [-0.4, -0.2) is 45.7 Å². The predicted octanol–water partition coefficient (Wildman–Crippen LogP) is 2.99. The van der Waals surface area contributed by atoms with Crippen LogP contribution in [0, 0.1) is 10.1 Å². The van der Waals surface area contributed by atoms with Crippen molar-refractivity contribution in [2.45, 2.75) is 4.34 Å². The summed E-state index contributed by atoms with van der Waals surface area (Å²) in [4.78, 5) is 48.9. The maximum Gasteiger partial charge on any atom is 0.296 e. The van der Waals surface area contributed by atoms with Crippen molar-refractivity contribution in [1.29, 1.82) is 0 Å². The van der Waals surface area contributed by atoms with Gasteiger partial charge in [-0.25, -0.2) is 4.90 Å². The van der Waals surface area contributed by atoms with Crippen molar-refractivity contribution in [3.05, 3.63) is 63.7 Å². The number of methoxy groups -OCH3 is 1. The Morgan fingerprint density at radius 1 is 1.19 bits per heavy atom. The molecule has 1 aliphatic rings. The number of fused-ring (bicyclic) bond motifs is 1. The van der Waals surface area contributed by atoms with Gasteiger partial charge >= 0.3 is 0 Å². The van der Waals surface area contributed by atoms with Crippen LogP contribution >= 0.6 is 23.1 Å². The lowest BCUT2D eigenvalue weighted by atomic mass is 10.1. The molecule has 0 atom stereocenters. The van der Waals surface area contributed by atoms with Gasteiger partial charge in [0.05, 0.1) is 35.0 Å². The van der Waals surface area contributed by atoms with Crippen LogP contribution in [0.3, 0.4) is 0 Å². The Hall–Kier alpha value is -3.84. The van der Waals surface area contributed by atoms with Gasteiger partial charge < -0.3 is 10.1 Å². The predicted molar refractivity (Wildman–Crippen MR) is 116 cm³/mol. The van der Waals surface area contributed by atoms with Crippen LogP contribution in [0.5, 0.6) is 5.75 Å². The molecule has 11 nitrogen and oxygen atoms in total. The molecular weight excluding hydrogens is 458 g/mol. The molecule has 1 N–H and O–H groups in total. The number of amides is 3. The van der Waals surface area contributed by atoms with E-state index in [9.17, 15) is 24.5 Å². The van der Waals surface area contributed by atoms with Crippen molar-refractivity contribution in [1.82, 2.24) is 10.2 Å². The summed E-state index contributed by atoms with van der Waals surface area (Å²) in [7, 11) is 1.38. The van der Waals surface area contributed by atoms with Crippen LogP contribution in [0.25, 0.3) is 0 Å². The molecule has 0 saturated heterocycles. The summed E-state index contributed by atoms with van der Waals surface area (Å²) in [5, 5.41) is 21.6. The Bertz CT molecular complexity index is 1230. The number of nitrogens with zero attached hydrogens (tertiary/aromatic N) is 4. The third-order valence-electron chi connectivity index (χ3n) is 4.38. The molecule has 3 amide bonds. The Kier molecular flexibility index (Phi) is 5.83. The van der Waals surface area contributed by atoms with E-state index in [1.165, 1.54) is 25.3 Å². The zero-order valence-electron chi connectivity index (χ0n) is 16.3. The number of thioether (sulfide) groups is 1. The summed E-state index contributed by atoms with van der Waals surface area (Å²) >= 11 is 2.01. The van der Waals surface area contributed by atoms with Gasteiger partial charge in [0.25, 0.3) is 17.5 Å². The second-order valence-corrected chi connectivity index (χ2v) is 8.50. The van der Waals surface area contributed by atoms with Crippen molar-refractivity contribution in [2.75, 3.05) is 23.1 Å². The van der Waals surface area contributed by atoms with E-state index in [1.54, 1.807) is 24.3 Å². The number of hydrogen-bond acceptors (Lipinski definition) is 10. The fourth-order valence-corrected chi connectivity index (χ4v) is 4.56. The van der Waals surface area contributed by atoms with E-state index in [0.29, 0.717) is 21.2 Å². The maximum absolute atomic E-state index is 12.5. The van der Waals surface area contributed by atoms with E-state index in [0.717, 1.165) is 28.0 Å². The number of hydrogen-bond donors (Lipinski definition) is 1. The second kappa shape index (κ2) is 8.72. The van der Waals surface area contributed by atoms with Crippen molar-refractivity contribution in [2.24, 2.45) is 0 Å². The van der Waals surface area contributed by atoms with Gasteiger partial charge in [0.15, 0.2) is 4.34 Å². The van der Waals surface area contributed by atoms with Crippen LogP contribution in [0.15, 0.2) is 46.8 Å². The van der Waals surface area contributed by atoms with E-state index in [4.69, 9.17) is 4.74 Å². The van der Waals surface area contributed by atoms with Gasteiger partial charge in [-0.15, -0.1) is 10.2 Å². The molecule has 13 heteroatoms. The van der Waals surface area contributed by atoms with Gasteiger partial charge in [0, 0.05) is 0 Å². The van der Waals surface area contributed by atoms with Crippen LogP contribution in [0.2, 0.25) is 0 Å². The SMILES string of the molecule is COc1ccc(NC(=O)CSc2nnc(N3C(=O)c4ccccc4C3=O)s2)c([N+](=O)[O-])c1. The number of carbonyl (C=O) groups is 3. The lowest BCUT2D eigenvalue weighted by molar-refractivity contribution is -0.384. The first kappa shape index (κ1) is 21.4. The van der Waals surface area contributed by atoms with E-state index in [2.05, 4.69) is 15.5 Å². The minimum Gasteiger partial charge on any atom is -0.496 e. The van der Waals surface area contributed by atoms with Gasteiger partial charge in [0.1, 0.15) is 11.4 Å². The number of anilines is 2. The molecule has 0 unspecified atom stereocenters. The Morgan fingerprint density at radius 2 is 1.88 bits per heavy atom. The van der Waals surface area contributed by atoms with Crippen LogP contribution in [0.4, 0.5) is 16.5 Å². The highest BCUT2D eigenvalue weighted by Gasteiger charge is 2.38. The highest BCUT2D eigenvalue weighted by atomic mass is 32.2. The maximum atomic E-state index is 12.5. The molecule has 0 radical (unpaired) electrons. The fraction of sp³-hybridized carbons (Fsp3) is 0.105. The number of benzene rings is 2. The molecule has 0 fully saturated rings. The zero-order valence-corrected chi connectivity index (χ0v) is 17.9. The molecule has 0 saturated carbocycles. The zero-order chi connectivity index (χ0) is 22.8. The molecule has 0 bridgehead atoms. The molecular formula is C19H13N5O6S2. The van der Waals surface area contributed by atoms with Gasteiger partial charge in [-0.2, -0.15) is 0 Å². The monoisotopic (exact) mass is 471 g/mol. The molecule has 0 spiro atoms. The number of nitro groups is 1. The molecule has 0 aliphatic carbocycles. The second-order valence-electron chi connectivity index (χ2n) is 6.32. The van der Waals surface area contributed by atoms with Crippen LogP contribution in [0.1, 0.15) is 20.7 Å². The minimum absolute atomic E-state index is 0.0328. The highest BCUT2D eigenvalue weighted by molar-refractivity contribution is 8.01. The molecule has 4 rings (SSSR count). The Balaban J connectivity index is 1.41. The summed E-state index contributed by atoms with van der Waals surface area (Å²) in [6.45, 7) is 0. The average molecular weight is 471 g/mol. The van der Waals surface area contributed by atoms with Crippen molar-refractivity contribution < 1.29 is 24.0 Å².